The van der Waals surface area contributed by atoms with E-state index >= 15 is 0 Å². The van der Waals surface area contributed by atoms with Gasteiger partial charge in [-0.15, -0.1) is 0 Å². The van der Waals surface area contributed by atoms with E-state index in [4.69, 9.17) is 9.15 Å². The number of nitro benzene ring substituents is 1. The summed E-state index contributed by atoms with van der Waals surface area (Å²) < 4.78 is 10.6. The molecule has 1 aromatic heterocycles. The molecule has 0 saturated heterocycles. The molecule has 1 heterocycles. The lowest BCUT2D eigenvalue weighted by Crippen LogP contribution is -2.22. The monoisotopic (exact) mass is 399 g/mol. The number of rotatable bonds is 8. The number of hydrogen-bond acceptors (Lipinski definition) is 8. The number of hydrogen-bond donors (Lipinski definition) is 1. The van der Waals surface area contributed by atoms with E-state index in [2.05, 4.69) is 0 Å². The maximum absolute atomic E-state index is 10.9. The summed E-state index contributed by atoms with van der Waals surface area (Å²) in [4.78, 5) is 22.5. The Balaban J connectivity index is 1.94. The number of methoxy groups -OCH3 is 1. The van der Waals surface area contributed by atoms with Crippen LogP contribution in [-0.2, 0) is 13.1 Å². The Morgan fingerprint density at radius 1 is 1.00 bits per heavy atom. The van der Waals surface area contributed by atoms with E-state index in [0.717, 1.165) is 5.56 Å². The summed E-state index contributed by atoms with van der Waals surface area (Å²) in [6, 6.07) is 13.4. The molecule has 2 aromatic carbocycles. The van der Waals surface area contributed by atoms with Crippen molar-refractivity contribution in [2.45, 2.75) is 13.1 Å². The van der Waals surface area contributed by atoms with Gasteiger partial charge in [-0.3, -0.25) is 20.2 Å². The number of anilines is 1. The van der Waals surface area contributed by atoms with Crippen molar-refractivity contribution in [2.75, 3.05) is 12.0 Å². The number of non-ortho nitro benzene ring substituents is 1. The molecule has 10 heteroatoms. The highest BCUT2D eigenvalue weighted by Crippen LogP contribution is 2.34. The molecular formula is C19H17N3O7. The van der Waals surface area contributed by atoms with Crippen molar-refractivity contribution in [2.24, 2.45) is 0 Å². The molecule has 0 amide bonds. The molecule has 29 heavy (non-hydrogen) atoms. The fourth-order valence-corrected chi connectivity index (χ4v) is 2.84. The maximum Gasteiger partial charge on any atom is 0.433 e. The van der Waals surface area contributed by atoms with Crippen molar-refractivity contribution in [3.63, 3.8) is 0 Å². The highest BCUT2D eigenvalue weighted by atomic mass is 16.6. The lowest BCUT2D eigenvalue weighted by atomic mass is 10.1. The molecule has 3 aromatic rings. The molecule has 0 atom stereocenters. The van der Waals surface area contributed by atoms with E-state index in [-0.39, 0.29) is 23.9 Å². The number of benzene rings is 2. The highest BCUT2D eigenvalue weighted by Gasteiger charge is 2.19. The van der Waals surface area contributed by atoms with Gasteiger partial charge in [0.05, 0.1) is 30.3 Å². The third-order valence-electron chi connectivity index (χ3n) is 4.20. The van der Waals surface area contributed by atoms with Crippen molar-refractivity contribution in [3.8, 4) is 11.5 Å². The molecule has 0 aliphatic rings. The number of aromatic hydroxyl groups is 1. The average molecular weight is 399 g/mol. The number of phenolic OH excluding ortho intramolecular Hbond substituents is 1. The molecule has 0 saturated carbocycles. The van der Waals surface area contributed by atoms with Gasteiger partial charge < -0.3 is 19.2 Å². The summed E-state index contributed by atoms with van der Waals surface area (Å²) in [5, 5.41) is 31.5. The lowest BCUT2D eigenvalue weighted by molar-refractivity contribution is -0.402. The number of ether oxygens (including phenoxy) is 1. The summed E-state index contributed by atoms with van der Waals surface area (Å²) in [5.74, 6) is 0.407. The van der Waals surface area contributed by atoms with Crippen LogP contribution in [0.2, 0.25) is 0 Å². The summed E-state index contributed by atoms with van der Waals surface area (Å²) >= 11 is 0. The van der Waals surface area contributed by atoms with Gasteiger partial charge in [-0.05, 0) is 23.8 Å². The molecule has 0 aliphatic carbocycles. The number of phenols is 1. The summed E-state index contributed by atoms with van der Waals surface area (Å²) in [7, 11) is 1.46. The first-order chi connectivity index (χ1) is 13.9. The summed E-state index contributed by atoms with van der Waals surface area (Å²) in [5.41, 5.74) is 1.36. The van der Waals surface area contributed by atoms with Gasteiger partial charge in [0, 0.05) is 24.7 Å². The molecule has 1 N–H and O–H groups in total. The van der Waals surface area contributed by atoms with E-state index in [0.29, 0.717) is 23.7 Å². The van der Waals surface area contributed by atoms with Gasteiger partial charge in [0.25, 0.3) is 5.69 Å². The van der Waals surface area contributed by atoms with Crippen LogP contribution < -0.4 is 9.64 Å². The second-order valence-electron chi connectivity index (χ2n) is 6.13. The Morgan fingerprint density at radius 3 is 2.31 bits per heavy atom. The minimum atomic E-state index is -0.620. The molecular weight excluding hydrogens is 382 g/mol. The highest BCUT2D eigenvalue weighted by molar-refractivity contribution is 5.61. The van der Waals surface area contributed by atoms with E-state index < -0.39 is 9.85 Å². The van der Waals surface area contributed by atoms with Gasteiger partial charge in [-0.25, -0.2) is 0 Å². The van der Waals surface area contributed by atoms with Crippen LogP contribution in [0, 0.1) is 20.2 Å². The largest absolute Gasteiger partial charge is 0.508 e. The average Bonchev–Trinajstić information content (AvgIpc) is 3.17. The second kappa shape index (κ2) is 8.30. The lowest BCUT2D eigenvalue weighted by Gasteiger charge is -2.26. The van der Waals surface area contributed by atoms with Gasteiger partial charge in [0.2, 0.25) is 0 Å². The topological polar surface area (TPSA) is 132 Å². The Bertz CT molecular complexity index is 1030. The van der Waals surface area contributed by atoms with Gasteiger partial charge in [-0.2, -0.15) is 0 Å². The fourth-order valence-electron chi connectivity index (χ4n) is 2.84. The van der Waals surface area contributed by atoms with Crippen molar-refractivity contribution in [1.82, 2.24) is 0 Å². The molecule has 10 nitrogen and oxygen atoms in total. The standard InChI is InChI=1S/C19H17N3O7/c1-28-18-10-15(23)6-8-17(18)20(12-16-7-9-19(29-16)22(26)27)11-13-2-4-14(5-3-13)21(24)25/h2-10,23H,11-12H2,1H3. The maximum atomic E-state index is 10.9. The molecule has 150 valence electrons. The molecule has 0 bridgehead atoms. The van der Waals surface area contributed by atoms with E-state index in [1.54, 1.807) is 18.2 Å². The third-order valence-corrected chi connectivity index (χ3v) is 4.20. The van der Waals surface area contributed by atoms with E-state index in [1.807, 2.05) is 4.90 Å². The summed E-state index contributed by atoms with van der Waals surface area (Å²) in [6.07, 6.45) is 0. The van der Waals surface area contributed by atoms with Crippen LogP contribution in [0.5, 0.6) is 11.5 Å². The minimum Gasteiger partial charge on any atom is -0.508 e. The molecule has 3 rings (SSSR count). The van der Waals surface area contributed by atoms with Gasteiger partial charge in [0.1, 0.15) is 22.2 Å². The van der Waals surface area contributed by atoms with Crippen molar-refractivity contribution < 1.29 is 24.1 Å². The van der Waals surface area contributed by atoms with Crippen LogP contribution in [-0.4, -0.2) is 22.1 Å². The predicted molar refractivity (Wildman–Crippen MR) is 103 cm³/mol. The zero-order valence-corrected chi connectivity index (χ0v) is 15.3. The van der Waals surface area contributed by atoms with E-state index in [1.165, 1.54) is 43.5 Å². The Hall–Kier alpha value is -4.08. The summed E-state index contributed by atoms with van der Waals surface area (Å²) in [6.45, 7) is 0.486. The van der Waals surface area contributed by atoms with Crippen LogP contribution in [0.25, 0.3) is 0 Å². The number of nitro groups is 2. The molecule has 0 aliphatic heterocycles. The molecule has 0 fully saturated rings. The van der Waals surface area contributed by atoms with Crippen LogP contribution in [0.4, 0.5) is 17.3 Å². The zero-order chi connectivity index (χ0) is 21.0. The van der Waals surface area contributed by atoms with Crippen molar-refractivity contribution in [3.05, 3.63) is 86.1 Å². The van der Waals surface area contributed by atoms with Gasteiger partial charge >= 0.3 is 5.88 Å². The molecule has 0 spiro atoms. The Labute approximate surface area is 164 Å². The first kappa shape index (κ1) is 19.7. The SMILES string of the molecule is COc1cc(O)ccc1N(Cc1ccc([N+](=O)[O-])cc1)Cc1ccc([N+](=O)[O-])o1. The fraction of sp³-hybridized carbons (Fsp3) is 0.158. The van der Waals surface area contributed by atoms with Crippen molar-refractivity contribution in [1.29, 1.82) is 0 Å². The number of furan rings is 1. The quantitative estimate of drug-likeness (QED) is 0.444. The Kier molecular flexibility index (Phi) is 5.63. The van der Waals surface area contributed by atoms with Crippen LogP contribution in [0.15, 0.2) is 59.0 Å². The van der Waals surface area contributed by atoms with Crippen molar-refractivity contribution >= 4 is 17.3 Å². The first-order valence-corrected chi connectivity index (χ1v) is 8.45. The zero-order valence-electron chi connectivity index (χ0n) is 15.3. The van der Waals surface area contributed by atoms with Gasteiger partial charge in [0.15, 0.2) is 0 Å². The van der Waals surface area contributed by atoms with E-state index in [9.17, 15) is 25.3 Å². The van der Waals surface area contributed by atoms with Crippen LogP contribution >= 0.6 is 0 Å². The van der Waals surface area contributed by atoms with Gasteiger partial charge in [-0.1, -0.05) is 12.1 Å². The second-order valence-corrected chi connectivity index (χ2v) is 6.13. The first-order valence-electron chi connectivity index (χ1n) is 8.45. The third kappa shape index (κ3) is 4.61. The predicted octanol–water partition coefficient (Wildman–Crippen LogP) is 4.02. The van der Waals surface area contributed by atoms with Crippen LogP contribution in [0.1, 0.15) is 11.3 Å². The normalized spacial score (nSPS) is 10.5. The number of nitrogens with zero attached hydrogens (tertiary/aromatic N) is 3. The van der Waals surface area contributed by atoms with Crippen LogP contribution in [0.3, 0.4) is 0 Å². The smallest absolute Gasteiger partial charge is 0.433 e. The minimum absolute atomic E-state index is 0.0227. The molecule has 0 radical (unpaired) electrons. The molecule has 0 unspecified atom stereocenters. The Morgan fingerprint density at radius 2 is 1.72 bits per heavy atom.